The summed E-state index contributed by atoms with van der Waals surface area (Å²) in [6.45, 7) is 14.3. The Morgan fingerprint density at radius 2 is 1.00 bits per heavy atom. The van der Waals surface area contributed by atoms with Gasteiger partial charge >= 0.3 is 0 Å². The Bertz CT molecular complexity index is 165. The van der Waals surface area contributed by atoms with E-state index in [4.69, 9.17) is 0 Å². The first-order valence-corrected chi connectivity index (χ1v) is 9.45. The van der Waals surface area contributed by atoms with Crippen molar-refractivity contribution in [2.45, 2.75) is 64.9 Å². The highest BCUT2D eigenvalue weighted by atomic mass is 32.9. The first-order chi connectivity index (χ1) is 6.62. The molecule has 0 radical (unpaired) electrons. The fourth-order valence-corrected chi connectivity index (χ4v) is 10.2. The largest absolute Gasteiger partial charge is 0.159 e. The van der Waals surface area contributed by atoms with Gasteiger partial charge < -0.3 is 0 Å². The van der Waals surface area contributed by atoms with Gasteiger partial charge in [-0.05, 0) is 24.3 Å². The predicted molar refractivity (Wildman–Crippen MR) is 75.3 cm³/mol. The van der Waals surface area contributed by atoms with Gasteiger partial charge in [0.05, 0.1) is 0 Å². The van der Waals surface area contributed by atoms with Crippen molar-refractivity contribution in [3.63, 3.8) is 0 Å². The molecule has 0 aliphatic heterocycles. The first kappa shape index (κ1) is 14.7. The van der Waals surface area contributed by atoms with Gasteiger partial charge in [0, 0.05) is 10.5 Å². The van der Waals surface area contributed by atoms with Gasteiger partial charge in [-0.15, -0.1) is 0 Å². The Hall–Kier alpha value is 0.700. The van der Waals surface area contributed by atoms with Crippen molar-refractivity contribution in [3.8, 4) is 0 Å². The summed E-state index contributed by atoms with van der Waals surface area (Å²) in [7, 11) is 1.37. The maximum absolute atomic E-state index is 2.45. The molecule has 0 aromatic carbocycles. The molecule has 0 aromatic heterocycles. The summed E-state index contributed by atoms with van der Waals surface area (Å²) in [5.41, 5.74) is 0. The molecule has 0 aliphatic carbocycles. The highest BCUT2D eigenvalue weighted by Gasteiger charge is 2.11. The minimum Gasteiger partial charge on any atom is -0.159 e. The lowest BCUT2D eigenvalue weighted by Gasteiger charge is -2.25. The standard InChI is InChI=1S/C12H28S2/c1-7-11(5)13(9-3)14(10-4)12(6)8-2/h11-12H,7-10H2,1-6H3. The molecule has 0 fully saturated rings. The minimum absolute atomic E-state index is 0.684. The molecule has 0 aliphatic rings. The molecule has 0 spiro atoms. The van der Waals surface area contributed by atoms with Crippen molar-refractivity contribution in [1.82, 2.24) is 0 Å². The smallest absolute Gasteiger partial charge is 0.00159 e. The van der Waals surface area contributed by atoms with Crippen LogP contribution in [0.25, 0.3) is 0 Å². The molecule has 0 heterocycles. The number of hydrogen-bond donors (Lipinski definition) is 0. The van der Waals surface area contributed by atoms with Crippen LogP contribution >= 0.6 is 0 Å². The molecule has 4 atom stereocenters. The third-order valence-electron chi connectivity index (χ3n) is 2.89. The fraction of sp³-hybridized carbons (Fsp3) is 1.00. The van der Waals surface area contributed by atoms with Gasteiger partial charge in [0.1, 0.15) is 0 Å². The van der Waals surface area contributed by atoms with Crippen molar-refractivity contribution < 1.29 is 0 Å². The Balaban J connectivity index is 4.90. The molecule has 0 N–H and O–H groups in total. The average Bonchev–Trinajstić information content (AvgIpc) is 2.23. The zero-order valence-corrected chi connectivity index (χ0v) is 12.4. The molecule has 0 aromatic rings. The van der Waals surface area contributed by atoms with Gasteiger partial charge in [0.15, 0.2) is 0 Å². The van der Waals surface area contributed by atoms with Gasteiger partial charge in [-0.25, -0.2) is 0 Å². The molecule has 0 nitrogen and oxygen atoms in total. The summed E-state index contributed by atoms with van der Waals surface area (Å²) in [5, 5.41) is 1.88. The Morgan fingerprint density at radius 1 is 0.714 bits per heavy atom. The molecule has 88 valence electrons. The van der Waals surface area contributed by atoms with Crippen LogP contribution in [0.2, 0.25) is 0 Å². The molecule has 2 heteroatoms. The van der Waals surface area contributed by atoms with E-state index in [1.807, 2.05) is 0 Å². The Kier molecular flexibility index (Phi) is 8.32. The summed E-state index contributed by atoms with van der Waals surface area (Å²) < 4.78 is 0. The van der Waals surface area contributed by atoms with Gasteiger partial charge in [-0.2, -0.15) is 18.9 Å². The normalized spacial score (nSPS) is 20.1. The van der Waals surface area contributed by atoms with Gasteiger partial charge in [-0.1, -0.05) is 41.5 Å². The zero-order chi connectivity index (χ0) is 11.1. The van der Waals surface area contributed by atoms with Crippen LogP contribution in [-0.4, -0.2) is 22.0 Å². The van der Waals surface area contributed by atoms with Crippen LogP contribution in [0.1, 0.15) is 54.4 Å². The van der Waals surface area contributed by atoms with Crippen LogP contribution in [0.5, 0.6) is 0 Å². The zero-order valence-electron chi connectivity index (χ0n) is 10.8. The monoisotopic (exact) mass is 236 g/mol. The first-order valence-electron chi connectivity index (χ1n) is 6.02. The summed E-state index contributed by atoms with van der Waals surface area (Å²) in [4.78, 5) is 0. The maximum Gasteiger partial charge on any atom is 0.00159 e. The Labute approximate surface area is 95.4 Å². The van der Waals surface area contributed by atoms with Crippen molar-refractivity contribution in [2.75, 3.05) is 11.5 Å². The van der Waals surface area contributed by atoms with E-state index >= 15 is 0 Å². The molecular weight excluding hydrogens is 208 g/mol. The molecule has 14 heavy (non-hydrogen) atoms. The van der Waals surface area contributed by atoms with E-state index in [-0.39, 0.29) is 0 Å². The van der Waals surface area contributed by atoms with Crippen LogP contribution in [0.15, 0.2) is 0 Å². The van der Waals surface area contributed by atoms with Crippen LogP contribution in [0.4, 0.5) is 0 Å². The van der Waals surface area contributed by atoms with E-state index in [0.29, 0.717) is 18.9 Å². The van der Waals surface area contributed by atoms with Crippen molar-refractivity contribution in [3.05, 3.63) is 0 Å². The van der Waals surface area contributed by atoms with E-state index in [9.17, 15) is 0 Å². The van der Waals surface area contributed by atoms with E-state index in [2.05, 4.69) is 41.5 Å². The molecule has 0 rings (SSSR count). The number of hydrogen-bond acceptors (Lipinski definition) is 0. The quantitative estimate of drug-likeness (QED) is 0.658. The van der Waals surface area contributed by atoms with E-state index in [0.717, 1.165) is 10.5 Å². The Morgan fingerprint density at radius 3 is 1.14 bits per heavy atom. The lowest BCUT2D eigenvalue weighted by molar-refractivity contribution is 0.895. The second-order valence-corrected chi connectivity index (χ2v) is 10.6. The second-order valence-electron chi connectivity index (χ2n) is 3.78. The molecule has 0 saturated heterocycles. The predicted octanol–water partition coefficient (Wildman–Crippen LogP) is 3.77. The molecule has 0 amide bonds. The van der Waals surface area contributed by atoms with Crippen molar-refractivity contribution in [2.24, 2.45) is 0 Å². The highest BCUT2D eigenvalue weighted by molar-refractivity contribution is 8.44. The fourth-order valence-electron chi connectivity index (χ4n) is 1.67. The summed E-state index contributed by atoms with van der Waals surface area (Å²) in [6.07, 6.45) is 2.72. The lowest BCUT2D eigenvalue weighted by Crippen LogP contribution is -2.24. The van der Waals surface area contributed by atoms with Gasteiger partial charge in [0.2, 0.25) is 0 Å². The summed E-state index contributed by atoms with van der Waals surface area (Å²) in [6, 6.07) is 0. The molecule has 0 saturated carbocycles. The van der Waals surface area contributed by atoms with Crippen LogP contribution in [-0.2, 0) is 18.9 Å². The maximum atomic E-state index is 2.45. The van der Waals surface area contributed by atoms with E-state index in [1.165, 1.54) is 24.3 Å². The van der Waals surface area contributed by atoms with Crippen LogP contribution in [0, 0.1) is 0 Å². The van der Waals surface area contributed by atoms with Gasteiger partial charge in [0.25, 0.3) is 0 Å². The third kappa shape index (κ3) is 4.06. The van der Waals surface area contributed by atoms with Crippen LogP contribution in [0.3, 0.4) is 0 Å². The van der Waals surface area contributed by atoms with E-state index < -0.39 is 0 Å². The summed E-state index contributed by atoms with van der Waals surface area (Å²) >= 11 is 0. The van der Waals surface area contributed by atoms with Gasteiger partial charge in [-0.3, -0.25) is 0 Å². The minimum atomic E-state index is 0.684. The van der Waals surface area contributed by atoms with Crippen molar-refractivity contribution >= 4 is 18.9 Å². The molecular formula is C12H28S2. The SMILES string of the molecule is CCC(C)/S(CC)=S(\CC)C(C)CC. The van der Waals surface area contributed by atoms with E-state index in [1.54, 1.807) is 0 Å². The number of rotatable bonds is 6. The molecule has 4 unspecified atom stereocenters. The van der Waals surface area contributed by atoms with Crippen molar-refractivity contribution in [1.29, 1.82) is 0 Å². The topological polar surface area (TPSA) is 0 Å². The summed E-state index contributed by atoms with van der Waals surface area (Å²) in [5.74, 6) is 2.80. The third-order valence-corrected chi connectivity index (χ3v) is 12.1. The molecule has 0 bridgehead atoms. The average molecular weight is 236 g/mol. The lowest BCUT2D eigenvalue weighted by atomic mass is 10.4. The second kappa shape index (κ2) is 7.92. The van der Waals surface area contributed by atoms with Crippen LogP contribution < -0.4 is 0 Å². The highest BCUT2D eigenvalue weighted by Crippen LogP contribution is 2.13.